The molecule has 6 heteroatoms. The summed E-state index contributed by atoms with van der Waals surface area (Å²) in [7, 11) is 1.59. The summed E-state index contributed by atoms with van der Waals surface area (Å²) in [5, 5.41) is 3.31. The molecule has 21 heavy (non-hydrogen) atoms. The van der Waals surface area contributed by atoms with E-state index >= 15 is 0 Å². The molecule has 0 unspecified atom stereocenters. The van der Waals surface area contributed by atoms with Crippen molar-refractivity contribution in [2.45, 2.75) is 32.6 Å². The standard InChI is InChI=1S/C15H19N5O/c1-4-16-13-9(2)11(19-14(20-13)10-5-6-10)12-15(21-3)18-8-7-17-12/h7-8,10H,4-6H2,1-3H3,(H,16,19,20). The Morgan fingerprint density at radius 1 is 1.19 bits per heavy atom. The number of ether oxygens (including phenoxy) is 1. The fraction of sp³-hybridized carbons (Fsp3) is 0.467. The van der Waals surface area contributed by atoms with Crippen LogP contribution in [0.5, 0.6) is 5.88 Å². The zero-order chi connectivity index (χ0) is 14.8. The molecule has 1 saturated carbocycles. The van der Waals surface area contributed by atoms with E-state index in [1.54, 1.807) is 19.5 Å². The Balaban J connectivity index is 2.15. The first-order valence-electron chi connectivity index (χ1n) is 7.22. The highest BCUT2D eigenvalue weighted by Gasteiger charge is 2.29. The van der Waals surface area contributed by atoms with Crippen LogP contribution in [0.1, 0.15) is 37.1 Å². The molecule has 6 nitrogen and oxygen atoms in total. The van der Waals surface area contributed by atoms with Gasteiger partial charge in [-0.05, 0) is 26.7 Å². The number of nitrogens with one attached hydrogen (secondary N) is 1. The number of rotatable bonds is 5. The second kappa shape index (κ2) is 5.63. The minimum absolute atomic E-state index is 0.476. The van der Waals surface area contributed by atoms with Gasteiger partial charge in [-0.2, -0.15) is 0 Å². The van der Waals surface area contributed by atoms with Crippen molar-refractivity contribution in [2.75, 3.05) is 19.0 Å². The summed E-state index contributed by atoms with van der Waals surface area (Å²) in [6, 6.07) is 0. The highest BCUT2D eigenvalue weighted by Crippen LogP contribution is 2.40. The second-order valence-electron chi connectivity index (χ2n) is 5.12. The van der Waals surface area contributed by atoms with Gasteiger partial charge in [0, 0.05) is 30.4 Å². The van der Waals surface area contributed by atoms with Gasteiger partial charge < -0.3 is 10.1 Å². The van der Waals surface area contributed by atoms with Crippen LogP contribution < -0.4 is 10.1 Å². The van der Waals surface area contributed by atoms with Crippen molar-refractivity contribution < 1.29 is 4.74 Å². The summed E-state index contributed by atoms with van der Waals surface area (Å²) in [5.74, 6) is 2.73. The van der Waals surface area contributed by atoms with Gasteiger partial charge in [0.2, 0.25) is 5.88 Å². The number of nitrogens with zero attached hydrogens (tertiary/aromatic N) is 4. The third kappa shape index (κ3) is 2.66. The van der Waals surface area contributed by atoms with E-state index in [9.17, 15) is 0 Å². The van der Waals surface area contributed by atoms with Gasteiger partial charge in [-0.15, -0.1) is 0 Å². The first-order chi connectivity index (χ1) is 10.2. The van der Waals surface area contributed by atoms with Gasteiger partial charge in [-0.3, -0.25) is 0 Å². The van der Waals surface area contributed by atoms with E-state index in [1.165, 1.54) is 0 Å². The first-order valence-corrected chi connectivity index (χ1v) is 7.22. The lowest BCUT2D eigenvalue weighted by Crippen LogP contribution is -2.08. The van der Waals surface area contributed by atoms with E-state index in [4.69, 9.17) is 9.72 Å². The molecule has 3 rings (SSSR count). The van der Waals surface area contributed by atoms with Crippen LogP contribution in [0, 0.1) is 6.92 Å². The van der Waals surface area contributed by atoms with E-state index in [2.05, 4.69) is 27.2 Å². The first kappa shape index (κ1) is 13.7. The summed E-state index contributed by atoms with van der Waals surface area (Å²) in [6.45, 7) is 4.87. The molecule has 1 fully saturated rings. The largest absolute Gasteiger partial charge is 0.479 e. The normalized spacial score (nSPS) is 14.0. The maximum Gasteiger partial charge on any atom is 0.241 e. The van der Waals surface area contributed by atoms with Crippen LogP contribution in [-0.2, 0) is 0 Å². The van der Waals surface area contributed by atoms with E-state index in [1.807, 2.05) is 6.92 Å². The highest BCUT2D eigenvalue weighted by molar-refractivity contribution is 5.68. The molecule has 1 aliphatic carbocycles. The van der Waals surface area contributed by atoms with Crippen molar-refractivity contribution in [1.82, 2.24) is 19.9 Å². The van der Waals surface area contributed by atoms with Crippen LogP contribution in [0.15, 0.2) is 12.4 Å². The molecule has 2 heterocycles. The van der Waals surface area contributed by atoms with Gasteiger partial charge in [0.15, 0.2) is 5.69 Å². The van der Waals surface area contributed by atoms with Gasteiger partial charge in [-0.25, -0.2) is 19.9 Å². The van der Waals surface area contributed by atoms with Crippen LogP contribution >= 0.6 is 0 Å². The quantitative estimate of drug-likeness (QED) is 0.910. The summed E-state index contributed by atoms with van der Waals surface area (Å²) in [6.07, 6.45) is 5.59. The lowest BCUT2D eigenvalue weighted by atomic mass is 10.1. The molecule has 1 aliphatic rings. The van der Waals surface area contributed by atoms with Crippen molar-refractivity contribution in [1.29, 1.82) is 0 Å². The molecule has 0 amide bonds. The van der Waals surface area contributed by atoms with Crippen molar-refractivity contribution >= 4 is 5.82 Å². The van der Waals surface area contributed by atoms with E-state index < -0.39 is 0 Å². The predicted molar refractivity (Wildman–Crippen MR) is 80.5 cm³/mol. The summed E-state index contributed by atoms with van der Waals surface area (Å²) < 4.78 is 5.32. The van der Waals surface area contributed by atoms with Crippen molar-refractivity contribution in [3.63, 3.8) is 0 Å². The van der Waals surface area contributed by atoms with Gasteiger partial charge in [0.1, 0.15) is 17.3 Å². The maximum atomic E-state index is 5.32. The van der Waals surface area contributed by atoms with Crippen LogP contribution in [0.2, 0.25) is 0 Å². The third-order valence-electron chi connectivity index (χ3n) is 3.53. The number of hydrogen-bond acceptors (Lipinski definition) is 6. The van der Waals surface area contributed by atoms with E-state index in [0.29, 0.717) is 17.5 Å². The molecule has 1 N–H and O–H groups in total. The van der Waals surface area contributed by atoms with Gasteiger partial charge in [0.05, 0.1) is 7.11 Å². The molecule has 0 bridgehead atoms. The molecular formula is C15H19N5O. The molecule has 0 aromatic carbocycles. The number of anilines is 1. The van der Waals surface area contributed by atoms with Gasteiger partial charge in [0.25, 0.3) is 0 Å². The Morgan fingerprint density at radius 2 is 1.95 bits per heavy atom. The smallest absolute Gasteiger partial charge is 0.241 e. The Kier molecular flexibility index (Phi) is 3.68. The molecule has 0 saturated heterocycles. The average Bonchev–Trinajstić information content (AvgIpc) is 3.34. The number of aromatic nitrogens is 4. The summed E-state index contributed by atoms with van der Waals surface area (Å²) in [5.41, 5.74) is 2.44. The van der Waals surface area contributed by atoms with E-state index in [0.717, 1.165) is 42.3 Å². The fourth-order valence-corrected chi connectivity index (χ4v) is 2.27. The number of hydrogen-bond donors (Lipinski definition) is 1. The lowest BCUT2D eigenvalue weighted by molar-refractivity contribution is 0.397. The SMILES string of the molecule is CCNc1nc(C2CC2)nc(-c2nccnc2OC)c1C. The molecule has 0 radical (unpaired) electrons. The Morgan fingerprint density at radius 3 is 2.62 bits per heavy atom. The predicted octanol–water partition coefficient (Wildman–Crippen LogP) is 2.56. The summed E-state index contributed by atoms with van der Waals surface area (Å²) >= 11 is 0. The van der Waals surface area contributed by atoms with Crippen LogP contribution in [0.25, 0.3) is 11.4 Å². The van der Waals surface area contributed by atoms with Gasteiger partial charge in [-0.1, -0.05) is 0 Å². The van der Waals surface area contributed by atoms with Crippen LogP contribution in [0.3, 0.4) is 0 Å². The van der Waals surface area contributed by atoms with Crippen LogP contribution in [0.4, 0.5) is 5.82 Å². The Hall–Kier alpha value is -2.24. The minimum Gasteiger partial charge on any atom is -0.479 e. The molecule has 2 aromatic rings. The maximum absolute atomic E-state index is 5.32. The molecule has 0 spiro atoms. The molecule has 110 valence electrons. The minimum atomic E-state index is 0.476. The third-order valence-corrected chi connectivity index (χ3v) is 3.53. The zero-order valence-corrected chi connectivity index (χ0v) is 12.6. The lowest BCUT2D eigenvalue weighted by Gasteiger charge is -2.13. The molecule has 0 aliphatic heterocycles. The fourth-order valence-electron chi connectivity index (χ4n) is 2.27. The monoisotopic (exact) mass is 285 g/mol. The van der Waals surface area contributed by atoms with Crippen molar-refractivity contribution in [3.8, 4) is 17.3 Å². The van der Waals surface area contributed by atoms with Gasteiger partial charge >= 0.3 is 0 Å². The van der Waals surface area contributed by atoms with Crippen molar-refractivity contribution in [3.05, 3.63) is 23.8 Å². The highest BCUT2D eigenvalue weighted by atomic mass is 16.5. The molecule has 0 atom stereocenters. The zero-order valence-electron chi connectivity index (χ0n) is 12.6. The van der Waals surface area contributed by atoms with Crippen LogP contribution in [-0.4, -0.2) is 33.6 Å². The molecular weight excluding hydrogens is 266 g/mol. The topological polar surface area (TPSA) is 72.8 Å². The summed E-state index contributed by atoms with van der Waals surface area (Å²) in [4.78, 5) is 18.0. The number of methoxy groups -OCH3 is 1. The Bertz CT molecular complexity index is 655. The van der Waals surface area contributed by atoms with E-state index in [-0.39, 0.29) is 0 Å². The average molecular weight is 285 g/mol. The molecule has 2 aromatic heterocycles. The van der Waals surface area contributed by atoms with Crippen molar-refractivity contribution in [2.24, 2.45) is 0 Å². The second-order valence-corrected chi connectivity index (χ2v) is 5.12. The Labute approximate surface area is 124 Å².